The number of pyridine rings is 1. The van der Waals surface area contributed by atoms with Crippen LogP contribution in [0.25, 0.3) is 10.9 Å². The van der Waals surface area contributed by atoms with E-state index in [4.69, 9.17) is 14.2 Å². The Balaban J connectivity index is 1.32. The first-order valence-corrected chi connectivity index (χ1v) is 9.08. The predicted molar refractivity (Wildman–Crippen MR) is 107 cm³/mol. The Kier molecular flexibility index (Phi) is 5.15. The van der Waals surface area contributed by atoms with Crippen LogP contribution in [0.15, 0.2) is 48.5 Å². The maximum absolute atomic E-state index is 12.0. The standard InChI is InChI=1S/C21H19N3O5/c1-13-10-20(23-16-5-3-2-4-15(13)16)29-12-19(25)24-21(26)22-14-6-7-17-18(11-14)28-9-8-27-17/h2-7,10-11H,8-9,12H2,1H3,(H2,22,24,25,26). The highest BCUT2D eigenvalue weighted by Crippen LogP contribution is 2.32. The number of urea groups is 1. The Morgan fingerprint density at radius 2 is 1.86 bits per heavy atom. The second kappa shape index (κ2) is 8.05. The zero-order valence-corrected chi connectivity index (χ0v) is 15.7. The van der Waals surface area contributed by atoms with Crippen molar-refractivity contribution in [1.82, 2.24) is 10.3 Å². The van der Waals surface area contributed by atoms with Gasteiger partial charge in [-0.25, -0.2) is 9.78 Å². The van der Waals surface area contributed by atoms with Crippen LogP contribution in [0.5, 0.6) is 17.4 Å². The van der Waals surface area contributed by atoms with Gasteiger partial charge in [-0.1, -0.05) is 18.2 Å². The molecule has 3 aromatic rings. The van der Waals surface area contributed by atoms with Crippen molar-refractivity contribution in [3.05, 3.63) is 54.1 Å². The van der Waals surface area contributed by atoms with Gasteiger partial charge in [0.15, 0.2) is 18.1 Å². The molecule has 0 spiro atoms. The largest absolute Gasteiger partial charge is 0.486 e. The van der Waals surface area contributed by atoms with Crippen LogP contribution in [0.1, 0.15) is 5.56 Å². The number of carbonyl (C=O) groups is 2. The Labute approximate surface area is 166 Å². The number of rotatable bonds is 4. The van der Waals surface area contributed by atoms with Gasteiger partial charge in [0.25, 0.3) is 5.91 Å². The number of carbonyl (C=O) groups excluding carboxylic acids is 2. The Morgan fingerprint density at radius 1 is 1.07 bits per heavy atom. The van der Waals surface area contributed by atoms with E-state index in [1.807, 2.05) is 31.2 Å². The molecule has 29 heavy (non-hydrogen) atoms. The number of aryl methyl sites for hydroxylation is 1. The van der Waals surface area contributed by atoms with Gasteiger partial charge in [0, 0.05) is 23.2 Å². The van der Waals surface area contributed by atoms with Crippen molar-refractivity contribution in [2.75, 3.05) is 25.1 Å². The van der Waals surface area contributed by atoms with Gasteiger partial charge in [0.05, 0.1) is 5.52 Å². The summed E-state index contributed by atoms with van der Waals surface area (Å²) in [6.45, 7) is 2.54. The minimum Gasteiger partial charge on any atom is -0.486 e. The van der Waals surface area contributed by atoms with E-state index >= 15 is 0 Å². The van der Waals surface area contributed by atoms with Crippen LogP contribution in [-0.2, 0) is 4.79 Å². The van der Waals surface area contributed by atoms with Crippen LogP contribution in [0.2, 0.25) is 0 Å². The molecule has 2 aromatic carbocycles. The highest BCUT2D eigenvalue weighted by Gasteiger charge is 2.14. The average Bonchev–Trinajstić information content (AvgIpc) is 2.72. The van der Waals surface area contributed by atoms with Crippen molar-refractivity contribution in [3.63, 3.8) is 0 Å². The number of aromatic nitrogens is 1. The van der Waals surface area contributed by atoms with Crippen LogP contribution < -0.4 is 24.8 Å². The second-order valence-corrected chi connectivity index (χ2v) is 6.44. The van der Waals surface area contributed by atoms with E-state index in [2.05, 4.69) is 15.6 Å². The maximum Gasteiger partial charge on any atom is 0.325 e. The van der Waals surface area contributed by atoms with Gasteiger partial charge >= 0.3 is 6.03 Å². The molecule has 0 saturated heterocycles. The number of nitrogens with zero attached hydrogens (tertiary/aromatic N) is 1. The molecule has 2 heterocycles. The quantitative estimate of drug-likeness (QED) is 0.707. The highest BCUT2D eigenvalue weighted by molar-refractivity contribution is 6.01. The summed E-state index contributed by atoms with van der Waals surface area (Å²) in [7, 11) is 0. The molecule has 0 unspecified atom stereocenters. The van der Waals surface area contributed by atoms with Gasteiger partial charge in [0.1, 0.15) is 13.2 Å². The molecular formula is C21H19N3O5. The van der Waals surface area contributed by atoms with E-state index in [-0.39, 0.29) is 6.61 Å². The van der Waals surface area contributed by atoms with Crippen molar-refractivity contribution in [3.8, 4) is 17.4 Å². The number of hydrogen-bond acceptors (Lipinski definition) is 6. The smallest absolute Gasteiger partial charge is 0.325 e. The second-order valence-electron chi connectivity index (χ2n) is 6.44. The molecule has 0 saturated carbocycles. The monoisotopic (exact) mass is 393 g/mol. The normalized spacial score (nSPS) is 12.3. The lowest BCUT2D eigenvalue weighted by Gasteiger charge is -2.19. The van der Waals surface area contributed by atoms with Gasteiger partial charge in [0.2, 0.25) is 5.88 Å². The minimum atomic E-state index is -0.669. The number of nitrogens with one attached hydrogen (secondary N) is 2. The van der Waals surface area contributed by atoms with E-state index < -0.39 is 11.9 Å². The molecule has 0 radical (unpaired) electrons. The molecule has 0 bridgehead atoms. The summed E-state index contributed by atoms with van der Waals surface area (Å²) >= 11 is 0. The SMILES string of the molecule is Cc1cc(OCC(=O)NC(=O)Nc2ccc3c(c2)OCCO3)nc2ccccc12. The van der Waals surface area contributed by atoms with Crippen LogP contribution in [0, 0.1) is 6.92 Å². The molecule has 1 aromatic heterocycles. The summed E-state index contributed by atoms with van der Waals surface area (Å²) in [5, 5.41) is 5.81. The fourth-order valence-electron chi connectivity index (χ4n) is 2.98. The molecule has 3 amide bonds. The van der Waals surface area contributed by atoms with Crippen LogP contribution >= 0.6 is 0 Å². The summed E-state index contributed by atoms with van der Waals surface area (Å²) in [5.41, 5.74) is 2.24. The van der Waals surface area contributed by atoms with E-state index in [0.717, 1.165) is 16.5 Å². The van der Waals surface area contributed by atoms with Crippen molar-refractivity contribution in [2.24, 2.45) is 0 Å². The number of benzene rings is 2. The molecule has 2 N–H and O–H groups in total. The van der Waals surface area contributed by atoms with Crippen molar-refractivity contribution < 1.29 is 23.8 Å². The lowest BCUT2D eigenvalue weighted by Crippen LogP contribution is -2.37. The molecule has 148 valence electrons. The van der Waals surface area contributed by atoms with Gasteiger partial charge in [-0.15, -0.1) is 0 Å². The fourth-order valence-corrected chi connectivity index (χ4v) is 2.98. The summed E-state index contributed by atoms with van der Waals surface area (Å²) in [6.07, 6.45) is 0. The molecular weight excluding hydrogens is 374 g/mol. The number of hydrogen-bond donors (Lipinski definition) is 2. The Hall–Kier alpha value is -3.81. The summed E-state index contributed by atoms with van der Waals surface area (Å²) in [5.74, 6) is 0.891. The molecule has 8 nitrogen and oxygen atoms in total. The molecule has 0 fully saturated rings. The Morgan fingerprint density at radius 3 is 2.72 bits per heavy atom. The molecule has 1 aliphatic heterocycles. The first kappa shape index (κ1) is 18.5. The molecule has 8 heteroatoms. The molecule has 1 aliphatic rings. The van der Waals surface area contributed by atoms with Crippen LogP contribution in [-0.4, -0.2) is 36.7 Å². The minimum absolute atomic E-state index is 0.323. The van der Waals surface area contributed by atoms with Crippen molar-refractivity contribution in [1.29, 1.82) is 0 Å². The van der Waals surface area contributed by atoms with Gasteiger partial charge in [-0.05, 0) is 30.7 Å². The third-order valence-corrected chi connectivity index (χ3v) is 4.30. The number of anilines is 1. The lowest BCUT2D eigenvalue weighted by molar-refractivity contribution is -0.121. The predicted octanol–water partition coefficient (Wildman–Crippen LogP) is 3.04. The first-order chi connectivity index (χ1) is 14.1. The van der Waals surface area contributed by atoms with Gasteiger partial charge in [-0.3, -0.25) is 10.1 Å². The summed E-state index contributed by atoms with van der Waals surface area (Å²) in [4.78, 5) is 28.4. The van der Waals surface area contributed by atoms with Crippen molar-refractivity contribution in [2.45, 2.75) is 6.92 Å². The summed E-state index contributed by atoms with van der Waals surface area (Å²) in [6, 6.07) is 13.7. The van der Waals surface area contributed by atoms with E-state index in [1.165, 1.54) is 0 Å². The third-order valence-electron chi connectivity index (χ3n) is 4.30. The van der Waals surface area contributed by atoms with E-state index in [9.17, 15) is 9.59 Å². The first-order valence-electron chi connectivity index (χ1n) is 9.08. The lowest BCUT2D eigenvalue weighted by atomic mass is 10.1. The van der Waals surface area contributed by atoms with Crippen LogP contribution in [0.4, 0.5) is 10.5 Å². The molecule has 0 aliphatic carbocycles. The fraction of sp³-hybridized carbons (Fsp3) is 0.190. The number of fused-ring (bicyclic) bond motifs is 2. The van der Waals surface area contributed by atoms with E-state index in [1.54, 1.807) is 24.3 Å². The summed E-state index contributed by atoms with van der Waals surface area (Å²) < 4.78 is 16.3. The topological polar surface area (TPSA) is 98.8 Å². The number of amides is 3. The number of imide groups is 1. The molecule has 0 atom stereocenters. The van der Waals surface area contributed by atoms with Crippen LogP contribution in [0.3, 0.4) is 0 Å². The Bertz CT molecular complexity index is 1080. The number of ether oxygens (including phenoxy) is 3. The zero-order valence-electron chi connectivity index (χ0n) is 15.7. The zero-order chi connectivity index (χ0) is 20.2. The van der Waals surface area contributed by atoms with Gasteiger partial charge in [-0.2, -0.15) is 0 Å². The molecule has 4 rings (SSSR count). The maximum atomic E-state index is 12.0. The van der Waals surface area contributed by atoms with Crippen molar-refractivity contribution >= 4 is 28.5 Å². The van der Waals surface area contributed by atoms with Gasteiger partial charge < -0.3 is 19.5 Å². The number of para-hydroxylation sites is 1. The highest BCUT2D eigenvalue weighted by atomic mass is 16.6. The van der Waals surface area contributed by atoms with E-state index in [0.29, 0.717) is 36.3 Å². The average molecular weight is 393 g/mol. The third kappa shape index (κ3) is 4.37.